The minimum atomic E-state index is 0.0178. The lowest BCUT2D eigenvalue weighted by Gasteiger charge is -2.12. The molecule has 0 fully saturated rings. The van der Waals surface area contributed by atoms with Crippen molar-refractivity contribution in [3.05, 3.63) is 65.0 Å². The first-order chi connectivity index (χ1) is 8.15. The second-order valence-electron chi connectivity index (χ2n) is 4.60. The molecule has 1 aromatic carbocycles. The number of pyridine rings is 1. The molecule has 0 radical (unpaired) electrons. The Morgan fingerprint density at radius 2 is 1.94 bits per heavy atom. The molecule has 0 spiro atoms. The van der Waals surface area contributed by atoms with E-state index in [1.54, 1.807) is 0 Å². The summed E-state index contributed by atoms with van der Waals surface area (Å²) in [5.41, 5.74) is 11.0. The van der Waals surface area contributed by atoms with Gasteiger partial charge in [0.1, 0.15) is 0 Å². The average molecular weight is 226 g/mol. The first-order valence-corrected chi connectivity index (χ1v) is 5.88. The Bertz CT molecular complexity index is 506. The van der Waals surface area contributed by atoms with Gasteiger partial charge >= 0.3 is 0 Å². The molecule has 1 unspecified atom stereocenters. The Balaban J connectivity index is 2.14. The van der Waals surface area contributed by atoms with Gasteiger partial charge in [-0.1, -0.05) is 35.9 Å². The molecular formula is C15H18N2. The summed E-state index contributed by atoms with van der Waals surface area (Å²) < 4.78 is 0. The molecule has 17 heavy (non-hydrogen) atoms. The smallest absolute Gasteiger partial charge is 0.0351 e. The number of nitrogens with zero attached hydrogens (tertiary/aromatic N) is 1. The van der Waals surface area contributed by atoms with E-state index < -0.39 is 0 Å². The Kier molecular flexibility index (Phi) is 3.55. The number of aromatic nitrogens is 1. The van der Waals surface area contributed by atoms with Gasteiger partial charge < -0.3 is 5.73 Å². The largest absolute Gasteiger partial charge is 0.324 e. The zero-order valence-electron chi connectivity index (χ0n) is 10.4. The molecule has 0 aliphatic heterocycles. The number of rotatable bonds is 3. The molecule has 2 nitrogen and oxygen atoms in total. The zero-order valence-corrected chi connectivity index (χ0v) is 10.4. The molecule has 0 saturated carbocycles. The molecule has 2 heteroatoms. The van der Waals surface area contributed by atoms with E-state index in [1.165, 1.54) is 11.1 Å². The lowest BCUT2D eigenvalue weighted by molar-refractivity contribution is 0.716. The number of nitrogens with two attached hydrogens (primary N) is 1. The van der Waals surface area contributed by atoms with Crippen molar-refractivity contribution in [1.29, 1.82) is 0 Å². The molecular weight excluding hydrogens is 208 g/mol. The van der Waals surface area contributed by atoms with E-state index in [4.69, 9.17) is 5.73 Å². The third-order valence-electron chi connectivity index (χ3n) is 2.86. The SMILES string of the molecule is Cc1cccc(CC(N)c2cncc(C)c2)c1. The van der Waals surface area contributed by atoms with Crippen LogP contribution in [0.3, 0.4) is 0 Å². The van der Waals surface area contributed by atoms with E-state index in [-0.39, 0.29) is 6.04 Å². The number of benzene rings is 1. The molecule has 88 valence electrons. The van der Waals surface area contributed by atoms with Crippen molar-refractivity contribution in [2.75, 3.05) is 0 Å². The van der Waals surface area contributed by atoms with Crippen molar-refractivity contribution in [3.63, 3.8) is 0 Å². The van der Waals surface area contributed by atoms with Crippen LogP contribution in [0, 0.1) is 13.8 Å². The maximum atomic E-state index is 6.21. The van der Waals surface area contributed by atoms with Crippen molar-refractivity contribution < 1.29 is 0 Å². The lowest BCUT2D eigenvalue weighted by atomic mass is 9.99. The Morgan fingerprint density at radius 3 is 2.65 bits per heavy atom. The monoisotopic (exact) mass is 226 g/mol. The van der Waals surface area contributed by atoms with Crippen LogP contribution in [0.25, 0.3) is 0 Å². The van der Waals surface area contributed by atoms with E-state index in [0.717, 1.165) is 17.5 Å². The van der Waals surface area contributed by atoms with E-state index in [2.05, 4.69) is 42.2 Å². The minimum absolute atomic E-state index is 0.0178. The van der Waals surface area contributed by atoms with E-state index >= 15 is 0 Å². The van der Waals surface area contributed by atoms with Gasteiger partial charge in [0.25, 0.3) is 0 Å². The van der Waals surface area contributed by atoms with E-state index in [1.807, 2.05) is 19.3 Å². The summed E-state index contributed by atoms with van der Waals surface area (Å²) in [5.74, 6) is 0. The second-order valence-corrected chi connectivity index (χ2v) is 4.60. The third kappa shape index (κ3) is 3.14. The summed E-state index contributed by atoms with van der Waals surface area (Å²) in [7, 11) is 0. The van der Waals surface area contributed by atoms with Gasteiger partial charge in [0, 0.05) is 18.4 Å². The molecule has 0 aliphatic rings. The van der Waals surface area contributed by atoms with Crippen molar-refractivity contribution in [2.45, 2.75) is 26.3 Å². The highest BCUT2D eigenvalue weighted by atomic mass is 14.7. The van der Waals surface area contributed by atoms with Gasteiger partial charge in [0.05, 0.1) is 0 Å². The van der Waals surface area contributed by atoms with Crippen LogP contribution < -0.4 is 5.73 Å². The van der Waals surface area contributed by atoms with Crippen molar-refractivity contribution in [3.8, 4) is 0 Å². The van der Waals surface area contributed by atoms with Crippen LogP contribution in [0.15, 0.2) is 42.7 Å². The first kappa shape index (κ1) is 11.8. The predicted molar refractivity (Wildman–Crippen MR) is 70.8 cm³/mol. The predicted octanol–water partition coefficient (Wildman–Crippen LogP) is 2.94. The van der Waals surface area contributed by atoms with Crippen LogP contribution in [0.1, 0.15) is 28.3 Å². The summed E-state index contributed by atoms with van der Waals surface area (Å²) in [6.07, 6.45) is 4.56. The number of aryl methyl sites for hydroxylation is 2. The standard InChI is InChI=1S/C15H18N2/c1-11-4-3-5-13(6-11)8-15(16)14-7-12(2)9-17-10-14/h3-7,9-10,15H,8,16H2,1-2H3. The van der Waals surface area contributed by atoms with Crippen LogP contribution in [0.5, 0.6) is 0 Å². The molecule has 2 rings (SSSR count). The van der Waals surface area contributed by atoms with Crippen LogP contribution in [-0.4, -0.2) is 4.98 Å². The molecule has 2 aromatic rings. The number of hydrogen-bond donors (Lipinski definition) is 1. The van der Waals surface area contributed by atoms with Crippen molar-refractivity contribution >= 4 is 0 Å². The van der Waals surface area contributed by atoms with Gasteiger partial charge in [-0.05, 0) is 37.0 Å². The fourth-order valence-corrected chi connectivity index (χ4v) is 1.99. The molecule has 1 aromatic heterocycles. The van der Waals surface area contributed by atoms with Gasteiger partial charge in [-0.25, -0.2) is 0 Å². The minimum Gasteiger partial charge on any atom is -0.324 e. The zero-order chi connectivity index (χ0) is 12.3. The van der Waals surface area contributed by atoms with Gasteiger partial charge in [-0.2, -0.15) is 0 Å². The summed E-state index contributed by atoms with van der Waals surface area (Å²) in [4.78, 5) is 4.18. The lowest BCUT2D eigenvalue weighted by Crippen LogP contribution is -2.13. The Labute approximate surface area is 103 Å². The maximum Gasteiger partial charge on any atom is 0.0351 e. The first-order valence-electron chi connectivity index (χ1n) is 5.88. The van der Waals surface area contributed by atoms with Gasteiger partial charge in [0.2, 0.25) is 0 Å². The van der Waals surface area contributed by atoms with Crippen LogP contribution >= 0.6 is 0 Å². The highest BCUT2D eigenvalue weighted by Crippen LogP contribution is 2.16. The molecule has 1 atom stereocenters. The summed E-state index contributed by atoms with van der Waals surface area (Å²) >= 11 is 0. The molecule has 1 heterocycles. The second kappa shape index (κ2) is 5.11. The highest BCUT2D eigenvalue weighted by Gasteiger charge is 2.07. The topological polar surface area (TPSA) is 38.9 Å². The van der Waals surface area contributed by atoms with E-state index in [9.17, 15) is 0 Å². The summed E-state index contributed by atoms with van der Waals surface area (Å²) in [6, 6.07) is 10.6. The molecule has 2 N–H and O–H groups in total. The molecule has 0 aliphatic carbocycles. The average Bonchev–Trinajstić information content (AvgIpc) is 2.29. The summed E-state index contributed by atoms with van der Waals surface area (Å²) in [5, 5.41) is 0. The Hall–Kier alpha value is -1.67. The normalized spacial score (nSPS) is 12.4. The highest BCUT2D eigenvalue weighted by molar-refractivity contribution is 5.26. The van der Waals surface area contributed by atoms with Crippen LogP contribution in [0.2, 0.25) is 0 Å². The van der Waals surface area contributed by atoms with Crippen molar-refractivity contribution in [1.82, 2.24) is 4.98 Å². The van der Waals surface area contributed by atoms with Crippen molar-refractivity contribution in [2.24, 2.45) is 5.73 Å². The van der Waals surface area contributed by atoms with Gasteiger partial charge in [-0.15, -0.1) is 0 Å². The fourth-order valence-electron chi connectivity index (χ4n) is 1.99. The van der Waals surface area contributed by atoms with Crippen LogP contribution in [0.4, 0.5) is 0 Å². The molecule has 0 bridgehead atoms. The number of hydrogen-bond acceptors (Lipinski definition) is 2. The van der Waals surface area contributed by atoms with E-state index in [0.29, 0.717) is 0 Å². The van der Waals surface area contributed by atoms with Gasteiger partial charge in [0.15, 0.2) is 0 Å². The Morgan fingerprint density at radius 1 is 1.12 bits per heavy atom. The molecule has 0 saturated heterocycles. The maximum absolute atomic E-state index is 6.21. The van der Waals surface area contributed by atoms with Crippen LogP contribution in [-0.2, 0) is 6.42 Å². The third-order valence-corrected chi connectivity index (χ3v) is 2.86. The summed E-state index contributed by atoms with van der Waals surface area (Å²) in [6.45, 7) is 4.14. The van der Waals surface area contributed by atoms with Gasteiger partial charge in [-0.3, -0.25) is 4.98 Å². The fraction of sp³-hybridized carbons (Fsp3) is 0.267. The molecule has 0 amide bonds. The quantitative estimate of drug-likeness (QED) is 0.874.